The number of ether oxygens (including phenoxy) is 1. The number of carboxylic acids is 1. The number of hydrogen-bond acceptors (Lipinski definition) is 6. The molecule has 3 fully saturated rings. The molecule has 2 bridgehead atoms. The molecule has 2 aromatic carbocycles. The third-order valence-electron chi connectivity index (χ3n) is 6.96. The molecule has 0 spiro atoms. The molecule has 0 saturated carbocycles. The van der Waals surface area contributed by atoms with Gasteiger partial charge in [-0.15, -0.1) is 0 Å². The van der Waals surface area contributed by atoms with Crippen molar-refractivity contribution in [2.75, 3.05) is 26.2 Å². The Balaban J connectivity index is 0.000000314. The fraction of sp³-hybridized carbons (Fsp3) is 0.407. The molecule has 4 heterocycles. The standard InChI is InChI=1S/C23H26N2O2.C4H6O4/c26-23(27-21-16-24-13-10-18(21)11-14-24)25-15-12-17-6-4-5-9-20(17)22(25)19-7-2-1-3-8-19;1-3(8-7)2-4(5)6/h1-9,18,21-22H,10-16H2;7H,1-2H2,(H,5,6)/t21-,22+;/m1./s1. The second-order valence-electron chi connectivity index (χ2n) is 9.22. The van der Waals surface area contributed by atoms with Gasteiger partial charge >= 0.3 is 12.1 Å². The Hall–Kier alpha value is -3.36. The predicted molar refractivity (Wildman–Crippen MR) is 130 cm³/mol. The van der Waals surface area contributed by atoms with Gasteiger partial charge in [0.15, 0.2) is 0 Å². The molecule has 0 aromatic heterocycles. The molecule has 0 unspecified atom stereocenters. The summed E-state index contributed by atoms with van der Waals surface area (Å²) < 4.78 is 6.08. The molecule has 2 N–H and O–H groups in total. The maximum absolute atomic E-state index is 13.2. The highest BCUT2D eigenvalue weighted by Crippen LogP contribution is 2.36. The largest absolute Gasteiger partial charge is 0.481 e. The van der Waals surface area contributed by atoms with Crippen molar-refractivity contribution in [3.8, 4) is 0 Å². The molecule has 3 saturated heterocycles. The predicted octanol–water partition coefficient (Wildman–Crippen LogP) is 4.33. The lowest BCUT2D eigenvalue weighted by atomic mass is 9.86. The van der Waals surface area contributed by atoms with Crippen molar-refractivity contribution in [3.63, 3.8) is 0 Å². The molecule has 35 heavy (non-hydrogen) atoms. The van der Waals surface area contributed by atoms with E-state index < -0.39 is 5.97 Å². The minimum atomic E-state index is -1.08. The van der Waals surface area contributed by atoms with E-state index in [2.05, 4.69) is 52.8 Å². The van der Waals surface area contributed by atoms with E-state index in [1.54, 1.807) is 0 Å². The Morgan fingerprint density at radius 1 is 1.00 bits per heavy atom. The number of amides is 1. The van der Waals surface area contributed by atoms with E-state index in [1.807, 2.05) is 23.1 Å². The van der Waals surface area contributed by atoms with Crippen LogP contribution in [0.15, 0.2) is 66.9 Å². The van der Waals surface area contributed by atoms with Gasteiger partial charge in [-0.3, -0.25) is 14.6 Å². The Bertz CT molecular complexity index is 1030. The first-order chi connectivity index (χ1) is 17.0. The number of nitrogens with zero attached hydrogens (tertiary/aromatic N) is 2. The molecule has 2 atom stereocenters. The first-order valence-corrected chi connectivity index (χ1v) is 12.0. The Morgan fingerprint density at radius 3 is 2.29 bits per heavy atom. The van der Waals surface area contributed by atoms with E-state index in [-0.39, 0.29) is 30.4 Å². The molecule has 2 aromatic rings. The monoisotopic (exact) mass is 480 g/mol. The fourth-order valence-electron chi connectivity index (χ4n) is 5.20. The number of aliphatic carboxylic acids is 1. The number of hydrogen-bond donors (Lipinski definition) is 2. The van der Waals surface area contributed by atoms with E-state index >= 15 is 0 Å². The zero-order chi connectivity index (χ0) is 24.8. The number of carboxylic acid groups (broad SMARTS) is 1. The molecular formula is C27H32N2O6. The van der Waals surface area contributed by atoms with Crippen LogP contribution in [0.25, 0.3) is 0 Å². The summed E-state index contributed by atoms with van der Waals surface area (Å²) in [7, 11) is 0. The molecule has 4 aliphatic rings. The van der Waals surface area contributed by atoms with Gasteiger partial charge in [0.25, 0.3) is 0 Å². The highest BCUT2D eigenvalue weighted by atomic mass is 17.1. The van der Waals surface area contributed by atoms with Gasteiger partial charge in [-0.25, -0.2) is 10.1 Å². The summed E-state index contributed by atoms with van der Waals surface area (Å²) in [6, 6.07) is 18.8. The van der Waals surface area contributed by atoms with Crippen LogP contribution in [0.1, 0.15) is 42.0 Å². The van der Waals surface area contributed by atoms with Crippen molar-refractivity contribution in [1.82, 2.24) is 9.80 Å². The minimum absolute atomic E-state index is 0.0496. The summed E-state index contributed by atoms with van der Waals surface area (Å²) in [5.41, 5.74) is 3.70. The van der Waals surface area contributed by atoms with Gasteiger partial charge in [0, 0.05) is 13.1 Å². The third-order valence-corrected chi connectivity index (χ3v) is 6.96. The topological polar surface area (TPSA) is 99.5 Å². The summed E-state index contributed by atoms with van der Waals surface area (Å²) in [6.07, 6.45) is 2.72. The second kappa shape index (κ2) is 11.4. The molecule has 8 heteroatoms. The molecule has 186 valence electrons. The van der Waals surface area contributed by atoms with Crippen molar-refractivity contribution >= 4 is 12.1 Å². The van der Waals surface area contributed by atoms with Crippen LogP contribution >= 0.6 is 0 Å². The lowest BCUT2D eigenvalue weighted by Crippen LogP contribution is -2.53. The average molecular weight is 481 g/mol. The molecule has 0 radical (unpaired) electrons. The van der Waals surface area contributed by atoms with Crippen LogP contribution in [0.3, 0.4) is 0 Å². The summed E-state index contributed by atoms with van der Waals surface area (Å²) in [5.74, 6) is -0.715. The quantitative estimate of drug-likeness (QED) is 0.373. The summed E-state index contributed by atoms with van der Waals surface area (Å²) in [4.78, 5) is 30.8. The highest BCUT2D eigenvalue weighted by molar-refractivity contribution is 5.70. The van der Waals surface area contributed by atoms with Crippen LogP contribution in [0.4, 0.5) is 4.79 Å². The van der Waals surface area contributed by atoms with E-state index in [0.717, 1.165) is 44.5 Å². The van der Waals surface area contributed by atoms with Gasteiger partial charge in [0.05, 0.1) is 6.04 Å². The molecule has 4 aliphatic heterocycles. The molecule has 0 aliphatic carbocycles. The fourth-order valence-corrected chi connectivity index (χ4v) is 5.20. The van der Waals surface area contributed by atoms with Gasteiger partial charge in [-0.05, 0) is 55.0 Å². The molecule has 6 rings (SSSR count). The SMILES string of the molecule is C=C(CC(=O)O)OO.O=C(O[C@@H]1CN2CCC1CC2)N1CCc2ccccc2[C@@H]1c1ccccc1. The zero-order valence-electron chi connectivity index (χ0n) is 19.7. The van der Waals surface area contributed by atoms with Gasteiger partial charge in [0.2, 0.25) is 0 Å². The second-order valence-corrected chi connectivity index (χ2v) is 9.22. The Morgan fingerprint density at radius 2 is 1.69 bits per heavy atom. The maximum atomic E-state index is 13.2. The van der Waals surface area contributed by atoms with Gasteiger partial charge in [0.1, 0.15) is 18.3 Å². The van der Waals surface area contributed by atoms with Gasteiger partial charge in [-0.1, -0.05) is 61.2 Å². The van der Waals surface area contributed by atoms with Crippen LogP contribution in [-0.2, 0) is 20.8 Å². The van der Waals surface area contributed by atoms with Gasteiger partial charge < -0.3 is 14.7 Å². The van der Waals surface area contributed by atoms with Crippen molar-refractivity contribution in [2.24, 2.45) is 5.92 Å². The molecule has 8 nitrogen and oxygen atoms in total. The summed E-state index contributed by atoms with van der Waals surface area (Å²) in [6.45, 7) is 6.98. The van der Waals surface area contributed by atoms with Crippen molar-refractivity contribution in [2.45, 2.75) is 37.8 Å². The van der Waals surface area contributed by atoms with Crippen LogP contribution in [0, 0.1) is 5.92 Å². The lowest BCUT2D eigenvalue weighted by Gasteiger charge is -2.45. The van der Waals surface area contributed by atoms with Gasteiger partial charge in [-0.2, -0.15) is 0 Å². The average Bonchev–Trinajstić information content (AvgIpc) is 2.89. The van der Waals surface area contributed by atoms with Crippen LogP contribution < -0.4 is 0 Å². The third kappa shape index (κ3) is 6.01. The Kier molecular flexibility index (Phi) is 8.05. The molecule has 1 amide bonds. The van der Waals surface area contributed by atoms with Crippen molar-refractivity contribution in [1.29, 1.82) is 0 Å². The van der Waals surface area contributed by atoms with E-state index in [1.165, 1.54) is 11.1 Å². The number of carbonyl (C=O) groups is 2. The van der Waals surface area contributed by atoms with Crippen molar-refractivity contribution in [3.05, 3.63) is 83.6 Å². The smallest absolute Gasteiger partial charge is 0.410 e. The normalized spacial score (nSPS) is 24.4. The number of benzene rings is 2. The van der Waals surface area contributed by atoms with Crippen LogP contribution in [0.5, 0.6) is 0 Å². The van der Waals surface area contributed by atoms with E-state index in [4.69, 9.17) is 15.1 Å². The number of rotatable bonds is 5. The molecular weight excluding hydrogens is 448 g/mol. The maximum Gasteiger partial charge on any atom is 0.410 e. The first-order valence-electron chi connectivity index (χ1n) is 12.0. The summed E-state index contributed by atoms with van der Waals surface area (Å²) >= 11 is 0. The number of fused-ring (bicyclic) bond motifs is 4. The first kappa shape index (κ1) is 24.8. The number of carbonyl (C=O) groups excluding carboxylic acids is 1. The minimum Gasteiger partial charge on any atom is -0.481 e. The van der Waals surface area contributed by atoms with Crippen molar-refractivity contribution < 1.29 is 29.6 Å². The van der Waals surface area contributed by atoms with E-state index in [9.17, 15) is 9.59 Å². The summed E-state index contributed by atoms with van der Waals surface area (Å²) in [5, 5.41) is 15.7. The highest BCUT2D eigenvalue weighted by Gasteiger charge is 2.39. The Labute approximate surface area is 205 Å². The van der Waals surface area contributed by atoms with E-state index in [0.29, 0.717) is 12.5 Å². The number of piperidine rings is 3. The van der Waals surface area contributed by atoms with Crippen LogP contribution in [-0.4, -0.2) is 64.5 Å². The van der Waals surface area contributed by atoms with Crippen LogP contribution in [0.2, 0.25) is 0 Å². The zero-order valence-corrected chi connectivity index (χ0v) is 19.7. The lowest BCUT2D eigenvalue weighted by molar-refractivity contribution is -0.206.